The van der Waals surface area contributed by atoms with Gasteiger partial charge in [0.15, 0.2) is 0 Å². The van der Waals surface area contributed by atoms with Crippen LogP contribution in [0.25, 0.3) is 11.1 Å². The summed E-state index contributed by atoms with van der Waals surface area (Å²) in [5, 5.41) is 3.41. The molecule has 5 rings (SSSR count). The van der Waals surface area contributed by atoms with Gasteiger partial charge >= 0.3 is 0 Å². The van der Waals surface area contributed by atoms with Crippen LogP contribution in [0.2, 0.25) is 0 Å². The van der Waals surface area contributed by atoms with Gasteiger partial charge in [0, 0.05) is 49.4 Å². The van der Waals surface area contributed by atoms with E-state index >= 15 is 0 Å². The lowest BCUT2D eigenvalue weighted by molar-refractivity contribution is 0.0664. The fourth-order valence-electron chi connectivity index (χ4n) is 4.21. The van der Waals surface area contributed by atoms with Crippen LogP contribution >= 0.6 is 0 Å². The Bertz CT molecular complexity index is 1120. The van der Waals surface area contributed by atoms with E-state index < -0.39 is 0 Å². The topological polar surface area (TPSA) is 70.6 Å². The van der Waals surface area contributed by atoms with E-state index in [4.69, 9.17) is 4.74 Å². The van der Waals surface area contributed by atoms with Gasteiger partial charge in [0.1, 0.15) is 17.9 Å². The number of benzene rings is 2. The first-order valence-electron chi connectivity index (χ1n) is 10.5. The highest BCUT2D eigenvalue weighted by Gasteiger charge is 2.27. The normalized spacial score (nSPS) is 15.4. The highest BCUT2D eigenvalue weighted by molar-refractivity contribution is 5.97. The number of likely N-dealkylation sites (N-methyl/N-ethyl adjacent to an activating group) is 1. The summed E-state index contributed by atoms with van der Waals surface area (Å²) in [6, 6.07) is 13.7. The van der Waals surface area contributed by atoms with Gasteiger partial charge in [-0.25, -0.2) is 9.97 Å². The Balaban J connectivity index is 1.46. The van der Waals surface area contributed by atoms with Crippen molar-refractivity contribution >= 4 is 17.4 Å². The summed E-state index contributed by atoms with van der Waals surface area (Å²) in [6.45, 7) is 3.33. The molecule has 1 aliphatic carbocycles. The Morgan fingerprint density at radius 3 is 2.55 bits per heavy atom. The van der Waals surface area contributed by atoms with Crippen LogP contribution in [0.1, 0.15) is 21.6 Å². The number of aromatic nitrogens is 2. The molecule has 158 valence electrons. The summed E-state index contributed by atoms with van der Waals surface area (Å²) in [4.78, 5) is 26.3. The number of methoxy groups -OCH3 is 1. The van der Waals surface area contributed by atoms with Gasteiger partial charge in [0.25, 0.3) is 5.91 Å². The summed E-state index contributed by atoms with van der Waals surface area (Å²) in [5.74, 6) is 1.64. The standard InChI is InChI=1S/C24H25N5O2/c1-28-9-11-29(12-10-28)24(30)17-4-3-16-14-21-22(20(16)13-17)23(26-15-25-21)27-18-5-7-19(31-2)8-6-18/h3-8,13,15H,9-12,14H2,1-2H3,(H,25,26,27). The summed E-state index contributed by atoms with van der Waals surface area (Å²) in [6.07, 6.45) is 2.33. The molecule has 31 heavy (non-hydrogen) atoms. The van der Waals surface area contributed by atoms with Crippen LogP contribution in [0.4, 0.5) is 11.5 Å². The molecule has 0 bridgehead atoms. The summed E-state index contributed by atoms with van der Waals surface area (Å²) in [7, 11) is 3.74. The smallest absolute Gasteiger partial charge is 0.253 e. The maximum atomic E-state index is 13.1. The average molecular weight is 415 g/mol. The molecule has 0 saturated carbocycles. The minimum atomic E-state index is 0.0888. The number of fused-ring (bicyclic) bond motifs is 3. The SMILES string of the molecule is COc1ccc(Nc2ncnc3c2-c2cc(C(=O)N4CCN(C)CC4)ccc2C3)cc1. The molecule has 3 aromatic rings. The lowest BCUT2D eigenvalue weighted by Gasteiger charge is -2.32. The number of hydrogen-bond donors (Lipinski definition) is 1. The molecule has 2 heterocycles. The molecule has 2 aliphatic rings. The Hall–Kier alpha value is -3.45. The molecule has 7 heteroatoms. The third kappa shape index (κ3) is 3.72. The minimum Gasteiger partial charge on any atom is -0.497 e. The van der Waals surface area contributed by atoms with Crippen molar-refractivity contribution in [1.29, 1.82) is 0 Å². The van der Waals surface area contributed by atoms with Crippen LogP contribution in [0.3, 0.4) is 0 Å². The monoisotopic (exact) mass is 415 g/mol. The molecule has 0 atom stereocenters. The lowest BCUT2D eigenvalue weighted by atomic mass is 10.0. The highest BCUT2D eigenvalue weighted by Crippen LogP contribution is 2.40. The summed E-state index contributed by atoms with van der Waals surface area (Å²) in [5.41, 5.74) is 5.79. The van der Waals surface area contributed by atoms with Crippen molar-refractivity contribution in [3.8, 4) is 16.9 Å². The van der Waals surface area contributed by atoms with E-state index in [9.17, 15) is 4.79 Å². The molecule has 1 N–H and O–H groups in total. The van der Waals surface area contributed by atoms with Gasteiger partial charge in [-0.3, -0.25) is 4.79 Å². The second-order valence-corrected chi connectivity index (χ2v) is 8.04. The molecule has 0 spiro atoms. The first-order chi connectivity index (χ1) is 15.1. The molecule has 1 aromatic heterocycles. The van der Waals surface area contributed by atoms with E-state index in [1.165, 1.54) is 5.56 Å². The molecular formula is C24H25N5O2. The Morgan fingerprint density at radius 2 is 1.81 bits per heavy atom. The van der Waals surface area contributed by atoms with Crippen molar-refractivity contribution in [3.63, 3.8) is 0 Å². The van der Waals surface area contributed by atoms with Gasteiger partial charge in [0.2, 0.25) is 0 Å². The van der Waals surface area contributed by atoms with E-state index in [2.05, 4.69) is 33.3 Å². The zero-order chi connectivity index (χ0) is 21.4. The van der Waals surface area contributed by atoms with Crippen LogP contribution in [-0.2, 0) is 6.42 Å². The maximum Gasteiger partial charge on any atom is 0.253 e. The van der Waals surface area contributed by atoms with E-state index in [-0.39, 0.29) is 5.91 Å². The van der Waals surface area contributed by atoms with Crippen LogP contribution < -0.4 is 10.1 Å². The molecule has 1 saturated heterocycles. The van der Waals surface area contributed by atoms with E-state index in [1.807, 2.05) is 41.3 Å². The number of carbonyl (C=O) groups is 1. The van der Waals surface area contributed by atoms with Gasteiger partial charge in [0.05, 0.1) is 12.8 Å². The second kappa shape index (κ2) is 8.00. The van der Waals surface area contributed by atoms with Gasteiger partial charge in [-0.05, 0) is 54.6 Å². The van der Waals surface area contributed by atoms with Crippen molar-refractivity contribution in [2.75, 3.05) is 45.7 Å². The number of carbonyl (C=O) groups excluding carboxylic acids is 1. The molecule has 1 fully saturated rings. The molecule has 1 amide bonds. The zero-order valence-electron chi connectivity index (χ0n) is 17.8. The molecule has 7 nitrogen and oxygen atoms in total. The number of nitrogens with zero attached hydrogens (tertiary/aromatic N) is 4. The Kier molecular flexibility index (Phi) is 5.03. The predicted octanol–water partition coefficient (Wildman–Crippen LogP) is 3.19. The predicted molar refractivity (Wildman–Crippen MR) is 120 cm³/mol. The Morgan fingerprint density at radius 1 is 1.03 bits per heavy atom. The number of piperazine rings is 1. The van der Waals surface area contributed by atoms with Crippen LogP contribution in [-0.4, -0.2) is 66.0 Å². The van der Waals surface area contributed by atoms with Crippen molar-refractivity contribution in [2.45, 2.75) is 6.42 Å². The fourth-order valence-corrected chi connectivity index (χ4v) is 4.21. The third-order valence-electron chi connectivity index (χ3n) is 6.05. The summed E-state index contributed by atoms with van der Waals surface area (Å²) >= 11 is 0. The maximum absolute atomic E-state index is 13.1. The number of hydrogen-bond acceptors (Lipinski definition) is 6. The summed E-state index contributed by atoms with van der Waals surface area (Å²) < 4.78 is 5.24. The van der Waals surface area contributed by atoms with E-state index in [0.717, 1.165) is 72.2 Å². The van der Waals surface area contributed by atoms with Gasteiger partial charge in [-0.15, -0.1) is 0 Å². The number of anilines is 2. The van der Waals surface area contributed by atoms with E-state index in [0.29, 0.717) is 0 Å². The van der Waals surface area contributed by atoms with Crippen LogP contribution in [0.15, 0.2) is 48.8 Å². The van der Waals surface area contributed by atoms with Crippen molar-refractivity contribution in [2.24, 2.45) is 0 Å². The number of nitrogens with one attached hydrogen (secondary N) is 1. The van der Waals surface area contributed by atoms with Gasteiger partial charge < -0.3 is 19.9 Å². The zero-order valence-corrected chi connectivity index (χ0v) is 17.8. The van der Waals surface area contributed by atoms with Crippen LogP contribution in [0, 0.1) is 0 Å². The lowest BCUT2D eigenvalue weighted by Crippen LogP contribution is -2.47. The molecule has 1 aliphatic heterocycles. The fraction of sp³-hybridized carbons (Fsp3) is 0.292. The number of rotatable bonds is 4. The average Bonchev–Trinajstić information content (AvgIpc) is 3.18. The minimum absolute atomic E-state index is 0.0888. The first-order valence-corrected chi connectivity index (χ1v) is 10.5. The first kappa shape index (κ1) is 19.5. The van der Waals surface area contributed by atoms with Crippen molar-refractivity contribution in [1.82, 2.24) is 19.8 Å². The quantitative estimate of drug-likeness (QED) is 0.552. The highest BCUT2D eigenvalue weighted by atomic mass is 16.5. The number of ether oxygens (including phenoxy) is 1. The second-order valence-electron chi connectivity index (χ2n) is 8.04. The third-order valence-corrected chi connectivity index (χ3v) is 6.05. The van der Waals surface area contributed by atoms with E-state index in [1.54, 1.807) is 13.4 Å². The van der Waals surface area contributed by atoms with Crippen molar-refractivity contribution in [3.05, 3.63) is 65.6 Å². The van der Waals surface area contributed by atoms with Crippen LogP contribution in [0.5, 0.6) is 5.75 Å². The molecular weight excluding hydrogens is 390 g/mol. The van der Waals surface area contributed by atoms with Crippen molar-refractivity contribution < 1.29 is 9.53 Å². The Labute approximate surface area is 181 Å². The van der Waals surface area contributed by atoms with Gasteiger partial charge in [-0.1, -0.05) is 6.07 Å². The van der Waals surface area contributed by atoms with Gasteiger partial charge in [-0.2, -0.15) is 0 Å². The number of amides is 1. The largest absolute Gasteiger partial charge is 0.497 e. The molecule has 0 radical (unpaired) electrons. The molecule has 0 unspecified atom stereocenters. The molecule has 2 aromatic carbocycles.